The van der Waals surface area contributed by atoms with Gasteiger partial charge in [-0.05, 0) is 55.4 Å². The normalized spacial score (nSPS) is 17.1. The van der Waals surface area contributed by atoms with Gasteiger partial charge in [0.25, 0.3) is 5.91 Å². The molecule has 27 heavy (non-hydrogen) atoms. The van der Waals surface area contributed by atoms with Crippen molar-refractivity contribution in [1.82, 2.24) is 15.2 Å². The lowest BCUT2D eigenvalue weighted by molar-refractivity contribution is 0.0923. The highest BCUT2D eigenvalue weighted by molar-refractivity contribution is 5.96. The van der Waals surface area contributed by atoms with Gasteiger partial charge in [0.2, 0.25) is 5.88 Å². The minimum Gasteiger partial charge on any atom is -0.480 e. The first-order valence-electron chi connectivity index (χ1n) is 9.81. The van der Waals surface area contributed by atoms with E-state index in [9.17, 15) is 4.79 Å². The first-order chi connectivity index (χ1) is 13.1. The Balaban J connectivity index is 1.40. The molecule has 2 heterocycles. The van der Waals surface area contributed by atoms with Gasteiger partial charge in [-0.3, -0.25) is 9.69 Å². The summed E-state index contributed by atoms with van der Waals surface area (Å²) in [6, 6.07) is 10.6. The molecular formula is C22H27N3O2. The maximum absolute atomic E-state index is 12.8. The highest BCUT2D eigenvalue weighted by Crippen LogP contribution is 2.26. The lowest BCUT2D eigenvalue weighted by Gasteiger charge is -2.31. The van der Waals surface area contributed by atoms with E-state index in [0.717, 1.165) is 51.0 Å². The number of pyridine rings is 1. The molecule has 1 unspecified atom stereocenters. The average molecular weight is 365 g/mol. The zero-order chi connectivity index (χ0) is 18.8. The third kappa shape index (κ3) is 3.83. The van der Waals surface area contributed by atoms with Crippen LogP contribution in [-0.2, 0) is 25.8 Å². The molecular weight excluding hydrogens is 338 g/mol. The molecule has 0 saturated heterocycles. The molecule has 1 aliphatic carbocycles. The van der Waals surface area contributed by atoms with Gasteiger partial charge in [-0.15, -0.1) is 0 Å². The Morgan fingerprint density at radius 2 is 2.04 bits per heavy atom. The lowest BCUT2D eigenvalue weighted by Crippen LogP contribution is -2.43. The van der Waals surface area contributed by atoms with E-state index in [1.807, 2.05) is 6.07 Å². The Morgan fingerprint density at radius 3 is 2.85 bits per heavy atom. The van der Waals surface area contributed by atoms with Gasteiger partial charge in [0.1, 0.15) is 5.56 Å². The van der Waals surface area contributed by atoms with Crippen molar-refractivity contribution in [3.05, 3.63) is 58.3 Å². The molecule has 1 aliphatic heterocycles. The molecule has 2 aliphatic rings. The van der Waals surface area contributed by atoms with E-state index >= 15 is 0 Å². The van der Waals surface area contributed by atoms with Gasteiger partial charge in [-0.2, -0.15) is 0 Å². The Kier molecular flexibility index (Phi) is 5.12. The molecule has 0 fully saturated rings. The minimum atomic E-state index is -0.0982. The van der Waals surface area contributed by atoms with Crippen molar-refractivity contribution < 1.29 is 9.53 Å². The first kappa shape index (κ1) is 18.0. The second-order valence-corrected chi connectivity index (χ2v) is 7.63. The summed E-state index contributed by atoms with van der Waals surface area (Å²) in [4.78, 5) is 19.8. The molecule has 1 N–H and O–H groups in total. The van der Waals surface area contributed by atoms with Crippen molar-refractivity contribution in [2.24, 2.45) is 0 Å². The quantitative estimate of drug-likeness (QED) is 0.885. The Morgan fingerprint density at radius 1 is 1.22 bits per heavy atom. The monoisotopic (exact) mass is 365 g/mol. The van der Waals surface area contributed by atoms with Crippen molar-refractivity contribution in [3.8, 4) is 5.88 Å². The summed E-state index contributed by atoms with van der Waals surface area (Å²) in [7, 11) is 1.58. The minimum absolute atomic E-state index is 0.0562. The van der Waals surface area contributed by atoms with Crippen LogP contribution in [0, 0.1) is 0 Å². The van der Waals surface area contributed by atoms with Gasteiger partial charge in [0, 0.05) is 31.4 Å². The molecule has 2 aromatic rings. The van der Waals surface area contributed by atoms with Gasteiger partial charge in [-0.25, -0.2) is 4.98 Å². The Labute approximate surface area is 160 Å². The van der Waals surface area contributed by atoms with E-state index in [1.54, 1.807) is 7.11 Å². The fourth-order valence-corrected chi connectivity index (χ4v) is 4.22. The number of aryl methyl sites for hydroxylation is 2. The van der Waals surface area contributed by atoms with Crippen LogP contribution in [0.1, 0.15) is 46.1 Å². The zero-order valence-electron chi connectivity index (χ0n) is 16.1. The number of benzene rings is 1. The number of carbonyl (C=O) groups excluding carboxylic acids is 1. The molecule has 1 aromatic heterocycles. The van der Waals surface area contributed by atoms with E-state index in [0.29, 0.717) is 11.4 Å². The summed E-state index contributed by atoms with van der Waals surface area (Å²) >= 11 is 0. The van der Waals surface area contributed by atoms with E-state index in [2.05, 4.69) is 46.4 Å². The lowest BCUT2D eigenvalue weighted by atomic mass is 9.99. The van der Waals surface area contributed by atoms with Crippen LogP contribution in [0.5, 0.6) is 5.88 Å². The third-order valence-electron chi connectivity index (χ3n) is 5.57. The maximum Gasteiger partial charge on any atom is 0.257 e. The summed E-state index contributed by atoms with van der Waals surface area (Å²) in [5.74, 6) is 0.339. The van der Waals surface area contributed by atoms with Crippen LogP contribution < -0.4 is 10.1 Å². The van der Waals surface area contributed by atoms with Crippen molar-refractivity contribution in [2.45, 2.75) is 45.2 Å². The summed E-state index contributed by atoms with van der Waals surface area (Å²) in [6.07, 6.45) is 4.14. The van der Waals surface area contributed by atoms with Gasteiger partial charge in [-0.1, -0.05) is 24.3 Å². The van der Waals surface area contributed by atoms with E-state index < -0.39 is 0 Å². The van der Waals surface area contributed by atoms with Crippen LogP contribution in [0.15, 0.2) is 30.3 Å². The van der Waals surface area contributed by atoms with Crippen LogP contribution in [0.4, 0.5) is 0 Å². The van der Waals surface area contributed by atoms with Crippen molar-refractivity contribution in [2.75, 3.05) is 20.2 Å². The Hall–Kier alpha value is -2.40. The van der Waals surface area contributed by atoms with E-state index in [1.165, 1.54) is 16.7 Å². The number of carbonyl (C=O) groups is 1. The molecule has 142 valence electrons. The van der Waals surface area contributed by atoms with Crippen LogP contribution in [0.3, 0.4) is 0 Å². The first-order valence-corrected chi connectivity index (χ1v) is 9.81. The summed E-state index contributed by atoms with van der Waals surface area (Å²) in [6.45, 7) is 4.87. The Bertz CT molecular complexity index is 849. The molecule has 0 spiro atoms. The van der Waals surface area contributed by atoms with Gasteiger partial charge in [0.05, 0.1) is 7.11 Å². The topological polar surface area (TPSA) is 54.5 Å². The predicted octanol–water partition coefficient (Wildman–Crippen LogP) is 2.76. The molecule has 0 saturated carbocycles. The summed E-state index contributed by atoms with van der Waals surface area (Å²) in [5, 5.41) is 3.13. The predicted molar refractivity (Wildman–Crippen MR) is 105 cm³/mol. The second kappa shape index (κ2) is 7.69. The molecule has 0 bridgehead atoms. The number of hydrogen-bond donors (Lipinski definition) is 1. The number of fused-ring (bicyclic) bond motifs is 2. The molecule has 5 nitrogen and oxygen atoms in total. The summed E-state index contributed by atoms with van der Waals surface area (Å²) in [5.41, 5.74) is 5.64. The SMILES string of the molecule is COc1nc2c(cc1C(=O)NC(C)CN1CCc3ccccc3C1)CCC2. The fraction of sp³-hybridized carbons (Fsp3) is 0.455. The van der Waals surface area contributed by atoms with Crippen molar-refractivity contribution in [1.29, 1.82) is 0 Å². The maximum atomic E-state index is 12.8. The average Bonchev–Trinajstić information content (AvgIpc) is 3.14. The standard InChI is InChI=1S/C22H27N3O2/c1-15(13-25-11-10-16-6-3-4-7-18(16)14-25)23-21(26)19-12-17-8-5-9-20(17)24-22(19)27-2/h3-4,6-7,12,15H,5,8-11,13-14H2,1-2H3,(H,23,26). The number of amides is 1. The highest BCUT2D eigenvalue weighted by Gasteiger charge is 2.23. The highest BCUT2D eigenvalue weighted by atomic mass is 16.5. The largest absolute Gasteiger partial charge is 0.480 e. The van der Waals surface area contributed by atoms with Gasteiger partial charge >= 0.3 is 0 Å². The van der Waals surface area contributed by atoms with Crippen LogP contribution in [-0.4, -0.2) is 42.0 Å². The molecule has 4 rings (SSSR count). The second-order valence-electron chi connectivity index (χ2n) is 7.63. The van der Waals surface area contributed by atoms with E-state index in [4.69, 9.17) is 4.74 Å². The number of ether oxygens (including phenoxy) is 1. The van der Waals surface area contributed by atoms with Crippen LogP contribution in [0.25, 0.3) is 0 Å². The summed E-state index contributed by atoms with van der Waals surface area (Å²) < 4.78 is 5.38. The number of methoxy groups -OCH3 is 1. The van der Waals surface area contributed by atoms with Gasteiger partial charge in [0.15, 0.2) is 0 Å². The molecule has 1 amide bonds. The number of rotatable bonds is 5. The number of nitrogens with one attached hydrogen (secondary N) is 1. The molecule has 1 aromatic carbocycles. The number of hydrogen-bond acceptors (Lipinski definition) is 4. The number of aromatic nitrogens is 1. The van der Waals surface area contributed by atoms with Crippen molar-refractivity contribution in [3.63, 3.8) is 0 Å². The molecule has 0 radical (unpaired) electrons. The van der Waals surface area contributed by atoms with Gasteiger partial charge < -0.3 is 10.1 Å². The molecule has 1 atom stereocenters. The van der Waals surface area contributed by atoms with E-state index in [-0.39, 0.29) is 11.9 Å². The number of nitrogens with zero attached hydrogens (tertiary/aromatic N) is 2. The van der Waals surface area contributed by atoms with Crippen LogP contribution >= 0.6 is 0 Å². The molecule has 5 heteroatoms. The van der Waals surface area contributed by atoms with Crippen molar-refractivity contribution >= 4 is 5.91 Å². The smallest absolute Gasteiger partial charge is 0.257 e. The van der Waals surface area contributed by atoms with Crippen LogP contribution in [0.2, 0.25) is 0 Å². The fourth-order valence-electron chi connectivity index (χ4n) is 4.22. The third-order valence-corrected chi connectivity index (χ3v) is 5.57. The zero-order valence-corrected chi connectivity index (χ0v) is 16.1.